The third kappa shape index (κ3) is 3.88. The van der Waals surface area contributed by atoms with Crippen LogP contribution in [0.15, 0.2) is 24.3 Å². The van der Waals surface area contributed by atoms with Gasteiger partial charge in [0.2, 0.25) is 0 Å². The van der Waals surface area contributed by atoms with E-state index in [4.69, 9.17) is 20.5 Å². The van der Waals surface area contributed by atoms with Crippen LogP contribution >= 0.6 is 0 Å². The molecular weight excluding hydrogens is 244 g/mol. The van der Waals surface area contributed by atoms with Crippen LogP contribution in [0, 0.1) is 16.7 Å². The maximum atomic E-state index is 11.5. The van der Waals surface area contributed by atoms with Crippen LogP contribution in [0.25, 0.3) is 0 Å². The van der Waals surface area contributed by atoms with Gasteiger partial charge in [-0.3, -0.25) is 0 Å². The molecule has 1 saturated carbocycles. The van der Waals surface area contributed by atoms with Crippen molar-refractivity contribution in [1.82, 2.24) is 0 Å². The summed E-state index contributed by atoms with van der Waals surface area (Å²) in [6, 6.07) is 8.98. The van der Waals surface area contributed by atoms with Crippen LogP contribution in [0.2, 0.25) is 0 Å². The fourth-order valence-corrected chi connectivity index (χ4v) is 1.74. The van der Waals surface area contributed by atoms with Crippen molar-refractivity contribution < 1.29 is 14.3 Å². The molecule has 100 valence electrons. The number of benzene rings is 1. The van der Waals surface area contributed by atoms with E-state index in [1.165, 1.54) is 0 Å². The highest BCUT2D eigenvalue weighted by Crippen LogP contribution is 2.48. The van der Waals surface area contributed by atoms with E-state index in [0.29, 0.717) is 24.5 Å². The lowest BCUT2D eigenvalue weighted by Gasteiger charge is -2.12. The molecule has 1 fully saturated rings. The number of nitrogen functional groups attached to an aromatic ring is 1. The number of nitrogens with two attached hydrogens (primary N) is 1. The summed E-state index contributed by atoms with van der Waals surface area (Å²) in [5, 5.41) is 8.66. The highest BCUT2D eigenvalue weighted by molar-refractivity contribution is 5.71. The standard InChI is InChI=1S/C14H16N2O3/c15-7-6-14(4-5-14)10-19-13(17)9-18-12-3-1-2-11(16)8-12/h1-3,8H,4-6,9-10,16H2. The molecule has 1 aliphatic carbocycles. The molecule has 0 aliphatic heterocycles. The van der Waals surface area contributed by atoms with Gasteiger partial charge in [-0.15, -0.1) is 0 Å². The number of esters is 1. The smallest absolute Gasteiger partial charge is 0.344 e. The Kier molecular flexibility index (Phi) is 3.91. The molecular formula is C14H16N2O3. The summed E-state index contributed by atoms with van der Waals surface area (Å²) >= 11 is 0. The maximum Gasteiger partial charge on any atom is 0.344 e. The van der Waals surface area contributed by atoms with Gasteiger partial charge in [0.15, 0.2) is 6.61 Å². The Balaban J connectivity index is 1.72. The van der Waals surface area contributed by atoms with Gasteiger partial charge < -0.3 is 15.2 Å². The Morgan fingerprint density at radius 1 is 1.47 bits per heavy atom. The molecule has 0 atom stereocenters. The molecule has 0 heterocycles. The van der Waals surface area contributed by atoms with Crippen LogP contribution in [-0.4, -0.2) is 19.2 Å². The van der Waals surface area contributed by atoms with Crippen LogP contribution in [0.1, 0.15) is 19.3 Å². The van der Waals surface area contributed by atoms with E-state index in [0.717, 1.165) is 12.8 Å². The van der Waals surface area contributed by atoms with Gasteiger partial charge in [0.25, 0.3) is 0 Å². The number of ether oxygens (including phenoxy) is 2. The number of anilines is 1. The molecule has 2 N–H and O–H groups in total. The largest absolute Gasteiger partial charge is 0.482 e. The third-order valence-electron chi connectivity index (χ3n) is 3.17. The second-order valence-corrected chi connectivity index (χ2v) is 4.86. The summed E-state index contributed by atoms with van der Waals surface area (Å²) in [6.07, 6.45) is 2.34. The van der Waals surface area contributed by atoms with E-state index in [9.17, 15) is 4.79 Å². The Bertz CT molecular complexity index is 504. The minimum atomic E-state index is -0.424. The van der Waals surface area contributed by atoms with E-state index >= 15 is 0 Å². The first-order chi connectivity index (χ1) is 9.13. The zero-order valence-corrected chi connectivity index (χ0v) is 10.6. The van der Waals surface area contributed by atoms with Crippen molar-refractivity contribution in [3.05, 3.63) is 24.3 Å². The molecule has 0 saturated heterocycles. The predicted octanol–water partition coefficient (Wildman–Crippen LogP) is 1.88. The predicted molar refractivity (Wildman–Crippen MR) is 69.2 cm³/mol. The number of hydrogen-bond donors (Lipinski definition) is 1. The van der Waals surface area contributed by atoms with Crippen LogP contribution in [0.3, 0.4) is 0 Å². The van der Waals surface area contributed by atoms with Gasteiger partial charge in [-0.1, -0.05) is 6.07 Å². The van der Waals surface area contributed by atoms with E-state index in [2.05, 4.69) is 6.07 Å². The Morgan fingerprint density at radius 2 is 2.26 bits per heavy atom. The normalized spacial score (nSPS) is 15.3. The van der Waals surface area contributed by atoms with Crippen molar-refractivity contribution in [2.24, 2.45) is 5.41 Å². The van der Waals surface area contributed by atoms with Crippen LogP contribution in [-0.2, 0) is 9.53 Å². The minimum Gasteiger partial charge on any atom is -0.482 e. The number of hydrogen-bond acceptors (Lipinski definition) is 5. The van der Waals surface area contributed by atoms with Gasteiger partial charge in [0.05, 0.1) is 12.7 Å². The highest BCUT2D eigenvalue weighted by atomic mass is 16.6. The van der Waals surface area contributed by atoms with Gasteiger partial charge in [-0.05, 0) is 25.0 Å². The van der Waals surface area contributed by atoms with Crippen molar-refractivity contribution in [3.63, 3.8) is 0 Å². The molecule has 2 rings (SSSR count). The molecule has 19 heavy (non-hydrogen) atoms. The molecule has 1 aliphatic rings. The summed E-state index contributed by atoms with van der Waals surface area (Å²) in [7, 11) is 0. The first-order valence-corrected chi connectivity index (χ1v) is 6.14. The third-order valence-corrected chi connectivity index (χ3v) is 3.17. The maximum absolute atomic E-state index is 11.5. The molecule has 0 spiro atoms. The number of carbonyl (C=O) groups is 1. The first kappa shape index (κ1) is 13.2. The van der Waals surface area contributed by atoms with Crippen molar-refractivity contribution in [2.75, 3.05) is 18.9 Å². The van der Waals surface area contributed by atoms with Crippen molar-refractivity contribution in [1.29, 1.82) is 5.26 Å². The molecule has 0 bridgehead atoms. The zero-order chi connectivity index (χ0) is 13.7. The van der Waals surface area contributed by atoms with E-state index in [-0.39, 0.29) is 12.0 Å². The zero-order valence-electron chi connectivity index (χ0n) is 10.6. The van der Waals surface area contributed by atoms with Gasteiger partial charge in [0, 0.05) is 23.6 Å². The van der Waals surface area contributed by atoms with Gasteiger partial charge in [-0.25, -0.2) is 4.79 Å². The van der Waals surface area contributed by atoms with Crippen molar-refractivity contribution in [2.45, 2.75) is 19.3 Å². The van der Waals surface area contributed by atoms with Crippen molar-refractivity contribution >= 4 is 11.7 Å². The Labute approximate surface area is 111 Å². The second-order valence-electron chi connectivity index (χ2n) is 4.86. The fraction of sp³-hybridized carbons (Fsp3) is 0.429. The SMILES string of the molecule is N#CCC1(COC(=O)COc2cccc(N)c2)CC1. The topological polar surface area (TPSA) is 85.3 Å². The lowest BCUT2D eigenvalue weighted by atomic mass is 10.1. The quantitative estimate of drug-likeness (QED) is 0.623. The lowest BCUT2D eigenvalue weighted by molar-refractivity contribution is -0.147. The number of nitriles is 1. The van der Waals surface area contributed by atoms with Crippen LogP contribution in [0.5, 0.6) is 5.75 Å². The van der Waals surface area contributed by atoms with Crippen LogP contribution < -0.4 is 10.5 Å². The molecule has 0 aromatic heterocycles. The van der Waals surface area contributed by atoms with E-state index in [1.807, 2.05) is 0 Å². The molecule has 1 aromatic carbocycles. The summed E-state index contributed by atoms with van der Waals surface area (Å²) in [5.41, 5.74) is 6.08. The summed E-state index contributed by atoms with van der Waals surface area (Å²) in [5.74, 6) is 0.113. The minimum absolute atomic E-state index is 0.0956. The van der Waals surface area contributed by atoms with Gasteiger partial charge in [0.1, 0.15) is 5.75 Å². The number of rotatable bonds is 6. The molecule has 5 nitrogen and oxygen atoms in total. The van der Waals surface area contributed by atoms with E-state index in [1.54, 1.807) is 24.3 Å². The summed E-state index contributed by atoms with van der Waals surface area (Å²) in [4.78, 5) is 11.5. The Morgan fingerprint density at radius 3 is 2.89 bits per heavy atom. The monoisotopic (exact) mass is 260 g/mol. The average molecular weight is 260 g/mol. The van der Waals surface area contributed by atoms with Gasteiger partial charge >= 0.3 is 5.97 Å². The molecule has 0 amide bonds. The number of nitrogens with zero attached hydrogens (tertiary/aromatic N) is 1. The first-order valence-electron chi connectivity index (χ1n) is 6.14. The summed E-state index contributed by atoms with van der Waals surface area (Å²) in [6.45, 7) is 0.159. The molecule has 1 aromatic rings. The number of carbonyl (C=O) groups excluding carboxylic acids is 1. The van der Waals surface area contributed by atoms with Gasteiger partial charge in [-0.2, -0.15) is 5.26 Å². The fourth-order valence-electron chi connectivity index (χ4n) is 1.74. The van der Waals surface area contributed by atoms with Crippen LogP contribution in [0.4, 0.5) is 5.69 Å². The van der Waals surface area contributed by atoms with E-state index < -0.39 is 5.97 Å². The molecule has 0 radical (unpaired) electrons. The lowest BCUT2D eigenvalue weighted by Crippen LogP contribution is -2.20. The summed E-state index contributed by atoms with van der Waals surface area (Å²) < 4.78 is 10.4. The second kappa shape index (κ2) is 5.61. The molecule has 0 unspecified atom stereocenters. The highest BCUT2D eigenvalue weighted by Gasteiger charge is 2.43. The molecule has 5 heteroatoms. The Hall–Kier alpha value is -2.22. The van der Waals surface area contributed by atoms with Crippen molar-refractivity contribution in [3.8, 4) is 11.8 Å². The average Bonchev–Trinajstić information content (AvgIpc) is 3.15.